The number of esters is 2. The molecule has 1 heterocycles. The first-order chi connectivity index (χ1) is 14.5. The lowest BCUT2D eigenvalue weighted by atomic mass is 9.72. The molecule has 0 N–H and O–H groups in total. The largest absolute Gasteiger partial charge is 0.466 e. The third-order valence-corrected chi connectivity index (χ3v) is 5.20. The Balaban J connectivity index is 2.54. The first kappa shape index (κ1) is 24.6. The average molecular weight is 438 g/mol. The molecule has 1 aliphatic heterocycles. The number of ether oxygens (including phenoxy) is 3. The molecule has 2 rings (SSSR count). The third kappa shape index (κ3) is 5.95. The molecule has 1 fully saturated rings. The van der Waals surface area contributed by atoms with Gasteiger partial charge in [-0.2, -0.15) is 0 Å². The van der Waals surface area contributed by atoms with Crippen LogP contribution in [0.2, 0.25) is 0 Å². The molecule has 0 radical (unpaired) electrons. The van der Waals surface area contributed by atoms with E-state index in [1.807, 2.05) is 0 Å². The van der Waals surface area contributed by atoms with Gasteiger partial charge in [0.1, 0.15) is 11.4 Å². The lowest BCUT2D eigenvalue weighted by Gasteiger charge is -2.42. The molecular formula is C23H32FNO6. The van der Waals surface area contributed by atoms with Gasteiger partial charge in [0.05, 0.1) is 25.0 Å². The molecule has 1 unspecified atom stereocenters. The van der Waals surface area contributed by atoms with E-state index in [4.69, 9.17) is 14.2 Å². The van der Waals surface area contributed by atoms with Crippen LogP contribution in [-0.2, 0) is 23.8 Å². The van der Waals surface area contributed by atoms with Gasteiger partial charge >= 0.3 is 18.0 Å². The number of halogens is 1. The summed E-state index contributed by atoms with van der Waals surface area (Å²) in [7, 11) is 0. The van der Waals surface area contributed by atoms with Crippen molar-refractivity contribution < 1.29 is 33.0 Å². The van der Waals surface area contributed by atoms with Crippen LogP contribution in [-0.4, -0.2) is 54.8 Å². The van der Waals surface area contributed by atoms with Gasteiger partial charge in [-0.25, -0.2) is 9.18 Å². The summed E-state index contributed by atoms with van der Waals surface area (Å²) < 4.78 is 30.3. The predicted molar refractivity (Wildman–Crippen MR) is 112 cm³/mol. The molecule has 0 saturated carbocycles. The van der Waals surface area contributed by atoms with Gasteiger partial charge in [-0.3, -0.25) is 9.59 Å². The van der Waals surface area contributed by atoms with Gasteiger partial charge in [-0.15, -0.1) is 0 Å². The van der Waals surface area contributed by atoms with Crippen molar-refractivity contribution in [3.8, 4) is 0 Å². The number of likely N-dealkylation sites (tertiary alicyclic amines) is 1. The van der Waals surface area contributed by atoms with Crippen LogP contribution in [0.25, 0.3) is 0 Å². The number of benzene rings is 1. The highest BCUT2D eigenvalue weighted by molar-refractivity contribution is 5.81. The maximum absolute atomic E-state index is 14.4. The molecule has 1 amide bonds. The standard InChI is InChI=1S/C23H32FNO6/c1-7-29-20(26)16-12-25(22(28)31-23(4,5)6)13-17(21(27)30-8-2)19(16)15-10-9-11-18(24)14(15)3/h9-11,16-17,19H,7-8,12-13H2,1-6H3/t16-,17+,19?. The Bertz CT molecular complexity index is 791. The van der Waals surface area contributed by atoms with Crippen molar-refractivity contribution in [3.63, 3.8) is 0 Å². The van der Waals surface area contributed by atoms with Crippen molar-refractivity contribution in [3.05, 3.63) is 35.1 Å². The monoisotopic (exact) mass is 437 g/mol. The highest BCUT2D eigenvalue weighted by atomic mass is 19.1. The van der Waals surface area contributed by atoms with Crippen LogP contribution in [0.3, 0.4) is 0 Å². The molecule has 0 aromatic heterocycles. The number of piperidine rings is 1. The van der Waals surface area contributed by atoms with Crippen LogP contribution >= 0.6 is 0 Å². The maximum Gasteiger partial charge on any atom is 0.410 e. The summed E-state index contributed by atoms with van der Waals surface area (Å²) in [5.41, 5.74) is 0.133. The van der Waals surface area contributed by atoms with Crippen LogP contribution in [0.15, 0.2) is 18.2 Å². The molecule has 3 atom stereocenters. The summed E-state index contributed by atoms with van der Waals surface area (Å²) in [5, 5.41) is 0. The fourth-order valence-electron chi connectivity index (χ4n) is 3.89. The first-order valence-electron chi connectivity index (χ1n) is 10.6. The zero-order valence-electron chi connectivity index (χ0n) is 19.1. The minimum absolute atomic E-state index is 0.00965. The van der Waals surface area contributed by atoms with Crippen LogP contribution in [0.1, 0.15) is 51.7 Å². The molecular weight excluding hydrogens is 405 g/mol. The van der Waals surface area contributed by atoms with Crippen LogP contribution < -0.4 is 0 Å². The van der Waals surface area contributed by atoms with E-state index in [0.29, 0.717) is 11.1 Å². The highest BCUT2D eigenvalue weighted by Crippen LogP contribution is 2.41. The van der Waals surface area contributed by atoms with Gasteiger partial charge in [-0.05, 0) is 58.7 Å². The van der Waals surface area contributed by atoms with E-state index in [9.17, 15) is 18.8 Å². The number of rotatable bonds is 5. The summed E-state index contributed by atoms with van der Waals surface area (Å²) in [6.45, 7) is 10.4. The SMILES string of the molecule is CCOC(=O)[C@H]1CN(C(=O)OC(C)(C)C)C[C@@H](C(=O)OCC)C1c1cccc(F)c1C. The van der Waals surface area contributed by atoms with Crippen molar-refractivity contribution >= 4 is 18.0 Å². The normalized spacial score (nSPS) is 21.4. The van der Waals surface area contributed by atoms with E-state index >= 15 is 0 Å². The zero-order valence-corrected chi connectivity index (χ0v) is 19.1. The topological polar surface area (TPSA) is 82.1 Å². The molecule has 1 aromatic rings. The molecule has 1 saturated heterocycles. The highest BCUT2D eigenvalue weighted by Gasteiger charge is 2.48. The van der Waals surface area contributed by atoms with Gasteiger partial charge in [0, 0.05) is 19.0 Å². The van der Waals surface area contributed by atoms with Crippen molar-refractivity contribution in [2.45, 2.75) is 53.1 Å². The first-order valence-corrected chi connectivity index (χ1v) is 10.6. The van der Waals surface area contributed by atoms with Crippen molar-refractivity contribution in [2.75, 3.05) is 26.3 Å². The Morgan fingerprint density at radius 2 is 1.55 bits per heavy atom. The predicted octanol–water partition coefficient (Wildman–Crippen LogP) is 3.83. The fraction of sp³-hybridized carbons (Fsp3) is 0.609. The van der Waals surface area contributed by atoms with Crippen molar-refractivity contribution in [1.29, 1.82) is 0 Å². The molecule has 31 heavy (non-hydrogen) atoms. The van der Waals surface area contributed by atoms with E-state index < -0.39 is 47.2 Å². The summed E-state index contributed by atoms with van der Waals surface area (Å²) in [4.78, 5) is 39.9. The van der Waals surface area contributed by atoms with Gasteiger partial charge in [0.2, 0.25) is 0 Å². The average Bonchev–Trinajstić information content (AvgIpc) is 2.68. The summed E-state index contributed by atoms with van der Waals surface area (Å²) >= 11 is 0. The Morgan fingerprint density at radius 1 is 1.03 bits per heavy atom. The molecule has 0 aliphatic carbocycles. The Morgan fingerprint density at radius 3 is 2.00 bits per heavy atom. The summed E-state index contributed by atoms with van der Waals surface area (Å²) in [5.74, 6) is -4.01. The lowest BCUT2D eigenvalue weighted by Crippen LogP contribution is -2.54. The molecule has 0 bridgehead atoms. The van der Waals surface area contributed by atoms with E-state index in [1.165, 1.54) is 11.0 Å². The molecule has 8 heteroatoms. The fourth-order valence-corrected chi connectivity index (χ4v) is 3.89. The van der Waals surface area contributed by atoms with E-state index in [1.54, 1.807) is 53.7 Å². The minimum atomic E-state index is -0.879. The zero-order chi connectivity index (χ0) is 23.3. The second-order valence-corrected chi connectivity index (χ2v) is 8.58. The Hall–Kier alpha value is -2.64. The number of carbonyl (C=O) groups excluding carboxylic acids is 3. The minimum Gasteiger partial charge on any atom is -0.466 e. The van der Waals surface area contributed by atoms with E-state index in [-0.39, 0.29) is 26.3 Å². The molecule has 1 aromatic carbocycles. The van der Waals surface area contributed by atoms with Crippen molar-refractivity contribution in [1.82, 2.24) is 4.90 Å². The summed E-state index contributed by atoms with van der Waals surface area (Å²) in [6, 6.07) is 4.57. The second kappa shape index (κ2) is 10.1. The Labute approximate surface area is 182 Å². The lowest BCUT2D eigenvalue weighted by molar-refractivity contribution is -0.157. The smallest absolute Gasteiger partial charge is 0.410 e. The van der Waals surface area contributed by atoms with E-state index in [2.05, 4.69) is 0 Å². The molecule has 7 nitrogen and oxygen atoms in total. The quantitative estimate of drug-likeness (QED) is 0.514. The number of hydrogen-bond donors (Lipinski definition) is 0. The number of amides is 1. The van der Waals surface area contributed by atoms with Gasteiger partial charge < -0.3 is 19.1 Å². The van der Waals surface area contributed by atoms with Crippen LogP contribution in [0.5, 0.6) is 0 Å². The number of nitrogens with zero attached hydrogens (tertiary/aromatic N) is 1. The molecule has 1 aliphatic rings. The number of hydrogen-bond acceptors (Lipinski definition) is 6. The Kier molecular flexibility index (Phi) is 8.03. The maximum atomic E-state index is 14.4. The van der Waals surface area contributed by atoms with Crippen LogP contribution in [0, 0.1) is 24.6 Å². The number of carbonyl (C=O) groups is 3. The van der Waals surface area contributed by atoms with Gasteiger partial charge in [0.15, 0.2) is 0 Å². The van der Waals surface area contributed by atoms with Gasteiger partial charge in [0.25, 0.3) is 0 Å². The van der Waals surface area contributed by atoms with Crippen LogP contribution in [0.4, 0.5) is 9.18 Å². The third-order valence-electron chi connectivity index (χ3n) is 5.20. The molecule has 172 valence electrons. The van der Waals surface area contributed by atoms with Crippen molar-refractivity contribution in [2.24, 2.45) is 11.8 Å². The summed E-state index contributed by atoms with van der Waals surface area (Å²) in [6.07, 6.45) is -0.634. The van der Waals surface area contributed by atoms with E-state index in [0.717, 1.165) is 0 Å². The van der Waals surface area contributed by atoms with Gasteiger partial charge in [-0.1, -0.05) is 12.1 Å². The molecule has 0 spiro atoms. The second-order valence-electron chi connectivity index (χ2n) is 8.58.